The molecule has 1 aliphatic heterocycles. The van der Waals surface area contributed by atoms with E-state index in [1.54, 1.807) is 0 Å². The average molecular weight is 344 g/mol. The zero-order chi connectivity index (χ0) is 17.5. The highest BCUT2D eigenvalue weighted by Gasteiger charge is 2.28. The molecule has 2 aromatic heterocycles. The van der Waals surface area contributed by atoms with Gasteiger partial charge < -0.3 is 4.57 Å². The summed E-state index contributed by atoms with van der Waals surface area (Å²) in [5, 5.41) is 1.35. The van der Waals surface area contributed by atoms with Crippen LogP contribution in [0.25, 0.3) is 10.9 Å². The first-order chi connectivity index (χ1) is 12.8. The summed E-state index contributed by atoms with van der Waals surface area (Å²) in [6.07, 6.45) is 9.88. The van der Waals surface area contributed by atoms with Crippen molar-refractivity contribution >= 4 is 10.9 Å². The van der Waals surface area contributed by atoms with Crippen LogP contribution in [-0.4, -0.2) is 26.0 Å². The van der Waals surface area contributed by atoms with Crippen LogP contribution in [0.4, 0.5) is 0 Å². The van der Waals surface area contributed by atoms with Crippen molar-refractivity contribution in [2.24, 2.45) is 0 Å². The first kappa shape index (κ1) is 15.8. The summed E-state index contributed by atoms with van der Waals surface area (Å²) in [6, 6.07) is 8.66. The average Bonchev–Trinajstić information content (AvgIpc) is 3.47. The summed E-state index contributed by atoms with van der Waals surface area (Å²) in [4.78, 5) is 12.0. The third kappa shape index (κ3) is 2.84. The molecule has 3 aromatic rings. The molecule has 0 N–H and O–H groups in total. The summed E-state index contributed by atoms with van der Waals surface area (Å²) < 4.78 is 2.29. The minimum absolute atomic E-state index is 0.634. The molecule has 1 aliphatic carbocycles. The Bertz CT molecular complexity index is 967. The molecule has 2 aliphatic rings. The Hall–Kier alpha value is -2.46. The van der Waals surface area contributed by atoms with E-state index in [0.29, 0.717) is 5.92 Å². The van der Waals surface area contributed by atoms with Crippen molar-refractivity contribution in [3.63, 3.8) is 0 Å². The van der Waals surface area contributed by atoms with Gasteiger partial charge in [0.25, 0.3) is 0 Å². The van der Waals surface area contributed by atoms with E-state index in [0.717, 1.165) is 38.4 Å². The van der Waals surface area contributed by atoms with Crippen molar-refractivity contribution < 1.29 is 0 Å². The number of aromatic nitrogens is 3. The van der Waals surface area contributed by atoms with Gasteiger partial charge in [0.15, 0.2) is 0 Å². The SMILES string of the molecule is C=CCn1cc(CN2CCc3nc(C4CC4)ncc3C2)c2ccccc21. The third-order valence-electron chi connectivity index (χ3n) is 5.56. The monoisotopic (exact) mass is 344 g/mol. The van der Waals surface area contributed by atoms with E-state index in [2.05, 4.69) is 57.7 Å². The summed E-state index contributed by atoms with van der Waals surface area (Å²) in [6.45, 7) is 7.72. The molecule has 0 unspecified atom stereocenters. The number of nitrogens with zero attached hydrogens (tertiary/aromatic N) is 4. The number of para-hydroxylation sites is 1. The quantitative estimate of drug-likeness (QED) is 0.655. The van der Waals surface area contributed by atoms with Crippen LogP contribution in [0.3, 0.4) is 0 Å². The van der Waals surface area contributed by atoms with Crippen molar-refractivity contribution in [1.29, 1.82) is 0 Å². The molecule has 0 amide bonds. The van der Waals surface area contributed by atoms with Crippen molar-refractivity contribution in [1.82, 2.24) is 19.4 Å². The molecule has 132 valence electrons. The largest absolute Gasteiger partial charge is 0.343 e. The van der Waals surface area contributed by atoms with Crippen LogP contribution < -0.4 is 0 Å². The van der Waals surface area contributed by atoms with Gasteiger partial charge in [-0.2, -0.15) is 0 Å². The van der Waals surface area contributed by atoms with E-state index < -0.39 is 0 Å². The maximum atomic E-state index is 4.84. The summed E-state index contributed by atoms with van der Waals surface area (Å²) >= 11 is 0. The third-order valence-corrected chi connectivity index (χ3v) is 5.56. The van der Waals surface area contributed by atoms with Crippen LogP contribution in [0.5, 0.6) is 0 Å². The molecule has 0 saturated heterocycles. The lowest BCUT2D eigenvalue weighted by Crippen LogP contribution is -2.31. The molecule has 3 heterocycles. The zero-order valence-corrected chi connectivity index (χ0v) is 15.1. The van der Waals surface area contributed by atoms with Crippen molar-refractivity contribution in [2.75, 3.05) is 6.54 Å². The van der Waals surface area contributed by atoms with Gasteiger partial charge in [-0.25, -0.2) is 9.97 Å². The normalized spacial score (nSPS) is 17.4. The van der Waals surface area contributed by atoms with E-state index in [9.17, 15) is 0 Å². The van der Waals surface area contributed by atoms with E-state index in [4.69, 9.17) is 4.98 Å². The Kier molecular flexibility index (Phi) is 3.86. The molecule has 4 heteroatoms. The number of hydrogen-bond acceptors (Lipinski definition) is 3. The fourth-order valence-corrected chi connectivity index (χ4v) is 4.04. The van der Waals surface area contributed by atoms with Gasteiger partial charge in [0, 0.05) is 73.1 Å². The Labute approximate surface area is 154 Å². The smallest absolute Gasteiger partial charge is 0.131 e. The molecule has 0 atom stereocenters. The fourth-order valence-electron chi connectivity index (χ4n) is 4.04. The number of fused-ring (bicyclic) bond motifs is 2. The van der Waals surface area contributed by atoms with Crippen LogP contribution in [0.2, 0.25) is 0 Å². The molecule has 1 saturated carbocycles. The van der Waals surface area contributed by atoms with Gasteiger partial charge >= 0.3 is 0 Å². The van der Waals surface area contributed by atoms with E-state index >= 15 is 0 Å². The molecule has 1 aromatic carbocycles. The molecule has 0 spiro atoms. The van der Waals surface area contributed by atoms with Crippen LogP contribution in [-0.2, 0) is 26.1 Å². The minimum Gasteiger partial charge on any atom is -0.343 e. The lowest BCUT2D eigenvalue weighted by molar-refractivity contribution is 0.243. The number of allylic oxidation sites excluding steroid dienone is 1. The van der Waals surface area contributed by atoms with E-state index in [-0.39, 0.29) is 0 Å². The van der Waals surface area contributed by atoms with Crippen LogP contribution in [0.1, 0.15) is 41.4 Å². The van der Waals surface area contributed by atoms with Gasteiger partial charge in [-0.05, 0) is 24.5 Å². The molecular formula is C22H24N4. The Morgan fingerprint density at radius 2 is 2.12 bits per heavy atom. The van der Waals surface area contributed by atoms with Gasteiger partial charge in [-0.15, -0.1) is 6.58 Å². The number of benzene rings is 1. The molecule has 0 bridgehead atoms. The molecule has 0 radical (unpaired) electrons. The van der Waals surface area contributed by atoms with Crippen molar-refractivity contribution in [3.8, 4) is 0 Å². The van der Waals surface area contributed by atoms with E-state index in [1.165, 1.54) is 40.6 Å². The van der Waals surface area contributed by atoms with Gasteiger partial charge in [-0.3, -0.25) is 4.90 Å². The van der Waals surface area contributed by atoms with Crippen LogP contribution in [0.15, 0.2) is 49.3 Å². The second kappa shape index (κ2) is 6.36. The summed E-state index contributed by atoms with van der Waals surface area (Å²) in [7, 11) is 0. The molecule has 5 rings (SSSR count). The Morgan fingerprint density at radius 1 is 1.23 bits per heavy atom. The number of rotatable bonds is 5. The van der Waals surface area contributed by atoms with Crippen LogP contribution >= 0.6 is 0 Å². The van der Waals surface area contributed by atoms with Gasteiger partial charge in [0.1, 0.15) is 5.82 Å². The van der Waals surface area contributed by atoms with Gasteiger partial charge in [-0.1, -0.05) is 24.3 Å². The Balaban J connectivity index is 1.39. The van der Waals surface area contributed by atoms with Gasteiger partial charge in [0.05, 0.1) is 0 Å². The predicted octanol–water partition coefficient (Wildman–Crippen LogP) is 4.05. The maximum Gasteiger partial charge on any atom is 0.131 e. The lowest BCUT2D eigenvalue weighted by atomic mass is 10.1. The molecule has 1 fully saturated rings. The maximum absolute atomic E-state index is 4.84. The topological polar surface area (TPSA) is 34.0 Å². The zero-order valence-electron chi connectivity index (χ0n) is 15.1. The number of hydrogen-bond donors (Lipinski definition) is 0. The first-order valence-electron chi connectivity index (χ1n) is 9.56. The minimum atomic E-state index is 0.634. The first-order valence-corrected chi connectivity index (χ1v) is 9.56. The standard InChI is InChI=1S/C22H24N4/c1-2-10-26-15-18(19-5-3-4-6-21(19)26)14-25-11-9-20-17(13-25)12-23-22(24-20)16-7-8-16/h2-6,12,15-16H,1,7-11,13-14H2. The van der Waals surface area contributed by atoms with Crippen molar-refractivity contribution in [2.45, 2.75) is 44.8 Å². The van der Waals surface area contributed by atoms with Crippen molar-refractivity contribution in [3.05, 3.63) is 72.0 Å². The highest BCUT2D eigenvalue weighted by Crippen LogP contribution is 2.38. The highest BCUT2D eigenvalue weighted by atomic mass is 15.1. The second-order valence-corrected chi connectivity index (χ2v) is 7.55. The molecule has 4 nitrogen and oxygen atoms in total. The molecular weight excluding hydrogens is 320 g/mol. The highest BCUT2D eigenvalue weighted by molar-refractivity contribution is 5.84. The van der Waals surface area contributed by atoms with E-state index in [1.807, 2.05) is 6.08 Å². The summed E-state index contributed by atoms with van der Waals surface area (Å²) in [5.41, 5.74) is 5.25. The second-order valence-electron chi connectivity index (χ2n) is 7.55. The Morgan fingerprint density at radius 3 is 2.96 bits per heavy atom. The van der Waals surface area contributed by atoms with Crippen LogP contribution in [0, 0.1) is 0 Å². The predicted molar refractivity (Wildman–Crippen MR) is 104 cm³/mol. The lowest BCUT2D eigenvalue weighted by Gasteiger charge is -2.28. The van der Waals surface area contributed by atoms with Gasteiger partial charge in [0.2, 0.25) is 0 Å². The summed E-state index contributed by atoms with van der Waals surface area (Å²) in [5.74, 6) is 1.71. The molecule has 26 heavy (non-hydrogen) atoms. The fraction of sp³-hybridized carbons (Fsp3) is 0.364.